The molecule has 0 aliphatic rings. The quantitative estimate of drug-likeness (QED) is 0.280. The summed E-state index contributed by atoms with van der Waals surface area (Å²) in [6, 6.07) is 19.7. The molecule has 13 heteroatoms. The van der Waals surface area contributed by atoms with Gasteiger partial charge in [-0.15, -0.1) is 11.3 Å². The molecule has 0 saturated heterocycles. The minimum absolute atomic E-state index is 0.00308. The molecule has 0 spiro atoms. The lowest BCUT2D eigenvalue weighted by atomic mass is 10.3. The summed E-state index contributed by atoms with van der Waals surface area (Å²) in [7, 11) is -8.02. The van der Waals surface area contributed by atoms with Crippen molar-refractivity contribution < 1.29 is 16.8 Å². The molecule has 5 rings (SSSR count). The number of para-hydroxylation sites is 1. The van der Waals surface area contributed by atoms with Crippen LogP contribution in [0.5, 0.6) is 0 Å². The molecule has 2 aromatic carbocycles. The van der Waals surface area contributed by atoms with Crippen LogP contribution in [0.2, 0.25) is 0 Å². The number of hydrogen-bond acceptors (Lipinski definition) is 8. The molecule has 3 heterocycles. The molecule has 0 aliphatic carbocycles. The van der Waals surface area contributed by atoms with Crippen LogP contribution in [0.4, 0.5) is 11.5 Å². The SMILES string of the molecule is Cc1cc(NS(=O)(=O)c2ccc(NS(=O)(=O)c3cn(-c4ccccc4)nc3-c3cccs3)cc2)nc(C)n1. The number of hydrogen-bond donors (Lipinski definition) is 2. The van der Waals surface area contributed by atoms with E-state index in [9.17, 15) is 16.8 Å². The van der Waals surface area contributed by atoms with Crippen molar-refractivity contribution >= 4 is 42.9 Å². The lowest BCUT2D eigenvalue weighted by Gasteiger charge is -2.10. The molecule has 2 N–H and O–H groups in total. The van der Waals surface area contributed by atoms with E-state index in [4.69, 9.17) is 0 Å². The Bertz CT molecular complexity index is 1780. The van der Waals surface area contributed by atoms with E-state index in [2.05, 4.69) is 24.5 Å². The van der Waals surface area contributed by atoms with Crippen molar-refractivity contribution in [2.75, 3.05) is 9.44 Å². The number of thiophene rings is 1. The van der Waals surface area contributed by atoms with Crippen molar-refractivity contribution in [3.8, 4) is 16.3 Å². The van der Waals surface area contributed by atoms with E-state index < -0.39 is 20.0 Å². The largest absolute Gasteiger partial charge is 0.280 e. The first kappa shape index (κ1) is 25.6. The topological polar surface area (TPSA) is 136 Å². The van der Waals surface area contributed by atoms with Crippen LogP contribution in [0, 0.1) is 13.8 Å². The zero-order valence-electron chi connectivity index (χ0n) is 20.2. The Labute approximate surface area is 224 Å². The Hall–Kier alpha value is -4.07. The summed E-state index contributed by atoms with van der Waals surface area (Å²) in [6.07, 6.45) is 1.46. The van der Waals surface area contributed by atoms with Gasteiger partial charge in [0.2, 0.25) is 0 Å². The van der Waals surface area contributed by atoms with Crippen LogP contribution in [0.25, 0.3) is 16.3 Å². The molecular weight excluding hydrogens is 545 g/mol. The Morgan fingerprint density at radius 1 is 0.816 bits per heavy atom. The van der Waals surface area contributed by atoms with E-state index in [1.807, 2.05) is 41.8 Å². The number of benzene rings is 2. The number of nitrogens with one attached hydrogen (secondary N) is 2. The molecule has 0 aliphatic heterocycles. The number of rotatable bonds is 8. The fraction of sp³-hybridized carbons (Fsp3) is 0.0800. The summed E-state index contributed by atoms with van der Waals surface area (Å²) < 4.78 is 59.0. The van der Waals surface area contributed by atoms with E-state index in [1.165, 1.54) is 52.5 Å². The highest BCUT2D eigenvalue weighted by molar-refractivity contribution is 7.93. The second-order valence-electron chi connectivity index (χ2n) is 8.28. The van der Waals surface area contributed by atoms with Crippen LogP contribution < -0.4 is 9.44 Å². The molecule has 3 aromatic heterocycles. The van der Waals surface area contributed by atoms with Gasteiger partial charge in [-0.1, -0.05) is 24.3 Å². The third kappa shape index (κ3) is 5.44. The third-order valence-electron chi connectivity index (χ3n) is 5.37. The highest BCUT2D eigenvalue weighted by atomic mass is 32.2. The van der Waals surface area contributed by atoms with Gasteiger partial charge >= 0.3 is 0 Å². The maximum absolute atomic E-state index is 13.4. The predicted molar refractivity (Wildman–Crippen MR) is 146 cm³/mol. The standard InChI is InChI=1S/C25H22N6O4S3/c1-17-15-24(27-18(2)26-17)30-37(32,33)21-12-10-19(11-13-21)29-38(34,35)23-16-31(20-7-4-3-5-8-20)28-25(23)22-9-6-14-36-22/h3-16,29H,1-2H3,(H,26,27,30). The fourth-order valence-electron chi connectivity index (χ4n) is 3.73. The van der Waals surface area contributed by atoms with Crippen LogP contribution in [0.15, 0.2) is 94.2 Å². The van der Waals surface area contributed by atoms with Crippen LogP contribution >= 0.6 is 11.3 Å². The number of sulfonamides is 2. The van der Waals surface area contributed by atoms with Crippen molar-refractivity contribution in [3.63, 3.8) is 0 Å². The predicted octanol–water partition coefficient (Wildman–Crippen LogP) is 4.61. The van der Waals surface area contributed by atoms with E-state index in [0.29, 0.717) is 27.8 Å². The fourth-order valence-corrected chi connectivity index (χ4v) is 6.71. The summed E-state index contributed by atoms with van der Waals surface area (Å²) in [4.78, 5) is 8.87. The molecule has 0 atom stereocenters. The Balaban J connectivity index is 1.42. The van der Waals surface area contributed by atoms with Gasteiger partial charge in [0.1, 0.15) is 22.2 Å². The van der Waals surface area contributed by atoms with Gasteiger partial charge in [0.05, 0.1) is 21.7 Å². The summed E-state index contributed by atoms with van der Waals surface area (Å²) >= 11 is 1.38. The normalized spacial score (nSPS) is 11.8. The highest BCUT2D eigenvalue weighted by Gasteiger charge is 2.25. The Kier molecular flexibility index (Phi) is 6.73. The molecule has 0 saturated carbocycles. The first-order valence-corrected chi connectivity index (χ1v) is 15.1. The molecule has 10 nitrogen and oxygen atoms in total. The molecule has 0 bridgehead atoms. The van der Waals surface area contributed by atoms with Gasteiger partial charge in [-0.3, -0.25) is 9.44 Å². The van der Waals surface area contributed by atoms with Crippen LogP contribution in [0.1, 0.15) is 11.5 Å². The Morgan fingerprint density at radius 3 is 2.21 bits per heavy atom. The molecular formula is C25H22N6O4S3. The van der Waals surface area contributed by atoms with Gasteiger partial charge in [0.25, 0.3) is 20.0 Å². The first-order valence-electron chi connectivity index (χ1n) is 11.3. The lowest BCUT2D eigenvalue weighted by Crippen LogP contribution is -2.16. The van der Waals surface area contributed by atoms with Crippen LogP contribution in [0.3, 0.4) is 0 Å². The number of nitrogens with zero attached hydrogens (tertiary/aromatic N) is 4. The van der Waals surface area contributed by atoms with Crippen molar-refractivity contribution in [1.82, 2.24) is 19.7 Å². The molecule has 0 fully saturated rings. The summed E-state index contributed by atoms with van der Waals surface area (Å²) in [5.41, 5.74) is 1.85. The third-order valence-corrected chi connectivity index (χ3v) is 9.00. The smallest absolute Gasteiger partial charge is 0.265 e. The van der Waals surface area contributed by atoms with E-state index >= 15 is 0 Å². The van der Waals surface area contributed by atoms with Crippen molar-refractivity contribution in [2.24, 2.45) is 0 Å². The van der Waals surface area contributed by atoms with Crippen molar-refractivity contribution in [1.29, 1.82) is 0 Å². The molecule has 194 valence electrons. The maximum atomic E-state index is 13.4. The zero-order chi connectivity index (χ0) is 26.9. The number of aromatic nitrogens is 4. The second kappa shape index (κ2) is 10.0. The van der Waals surface area contributed by atoms with Gasteiger partial charge in [0, 0.05) is 17.4 Å². The summed E-state index contributed by atoms with van der Waals surface area (Å²) in [6.45, 7) is 3.40. The highest BCUT2D eigenvalue weighted by Crippen LogP contribution is 2.32. The van der Waals surface area contributed by atoms with Crippen LogP contribution in [-0.4, -0.2) is 36.6 Å². The van der Waals surface area contributed by atoms with Gasteiger partial charge in [-0.2, -0.15) is 5.10 Å². The zero-order valence-corrected chi connectivity index (χ0v) is 22.7. The molecule has 0 amide bonds. The molecule has 5 aromatic rings. The average Bonchev–Trinajstić information content (AvgIpc) is 3.54. The van der Waals surface area contributed by atoms with Gasteiger partial charge in [-0.25, -0.2) is 31.5 Å². The molecule has 0 radical (unpaired) electrons. The lowest BCUT2D eigenvalue weighted by molar-refractivity contribution is 0.600. The monoisotopic (exact) mass is 566 g/mol. The Morgan fingerprint density at radius 2 is 1.55 bits per heavy atom. The van der Waals surface area contributed by atoms with E-state index in [-0.39, 0.29) is 21.3 Å². The van der Waals surface area contributed by atoms with E-state index in [1.54, 1.807) is 19.9 Å². The van der Waals surface area contributed by atoms with Gasteiger partial charge in [-0.05, 0) is 61.7 Å². The van der Waals surface area contributed by atoms with Crippen molar-refractivity contribution in [2.45, 2.75) is 23.6 Å². The summed E-state index contributed by atoms with van der Waals surface area (Å²) in [5.74, 6) is 0.585. The van der Waals surface area contributed by atoms with Crippen LogP contribution in [-0.2, 0) is 20.0 Å². The van der Waals surface area contributed by atoms with Gasteiger partial charge < -0.3 is 0 Å². The van der Waals surface area contributed by atoms with E-state index in [0.717, 1.165) is 0 Å². The number of aryl methyl sites for hydroxylation is 2. The van der Waals surface area contributed by atoms with Crippen molar-refractivity contribution in [3.05, 3.63) is 95.9 Å². The summed E-state index contributed by atoms with van der Waals surface area (Å²) in [5, 5.41) is 6.38. The second-order valence-corrected chi connectivity index (χ2v) is 12.6. The number of anilines is 2. The minimum Gasteiger partial charge on any atom is -0.280 e. The average molecular weight is 567 g/mol. The maximum Gasteiger partial charge on any atom is 0.265 e. The minimum atomic E-state index is -4.07. The first-order chi connectivity index (χ1) is 18.1. The molecule has 0 unspecified atom stereocenters. The van der Waals surface area contributed by atoms with Gasteiger partial charge in [0.15, 0.2) is 0 Å². The molecule has 38 heavy (non-hydrogen) atoms.